The van der Waals surface area contributed by atoms with Gasteiger partial charge in [0.1, 0.15) is 13.2 Å². The normalized spacial score (nSPS) is 12.6. The Morgan fingerprint density at radius 3 is 2.63 bits per heavy atom. The molecule has 0 atom stereocenters. The van der Waals surface area contributed by atoms with Crippen LogP contribution >= 0.6 is 0 Å². The average Bonchev–Trinajstić information content (AvgIpc) is 3.21. The van der Waals surface area contributed by atoms with Crippen LogP contribution in [-0.4, -0.2) is 29.3 Å². The maximum Gasteiger partial charge on any atom is 0.338 e. The number of fused-ring (bicyclic) bond motifs is 1. The molecule has 0 amide bonds. The Labute approximate surface area is 155 Å². The molecule has 0 fully saturated rings. The van der Waals surface area contributed by atoms with E-state index in [0.717, 1.165) is 12.0 Å². The van der Waals surface area contributed by atoms with Gasteiger partial charge in [0.25, 0.3) is 5.89 Å². The van der Waals surface area contributed by atoms with Crippen molar-refractivity contribution in [2.24, 2.45) is 0 Å². The van der Waals surface area contributed by atoms with E-state index in [2.05, 4.69) is 17.1 Å². The minimum atomic E-state index is -0.501. The van der Waals surface area contributed by atoms with Crippen molar-refractivity contribution < 1.29 is 23.5 Å². The van der Waals surface area contributed by atoms with Gasteiger partial charge in [0.05, 0.1) is 5.56 Å². The van der Waals surface area contributed by atoms with Crippen LogP contribution in [-0.2, 0) is 17.8 Å². The molecule has 1 aromatic heterocycles. The first kappa shape index (κ1) is 17.1. The summed E-state index contributed by atoms with van der Waals surface area (Å²) < 4.78 is 21.3. The van der Waals surface area contributed by atoms with E-state index < -0.39 is 5.97 Å². The molecule has 3 aromatic rings. The fourth-order valence-electron chi connectivity index (χ4n) is 2.70. The first-order valence-corrected chi connectivity index (χ1v) is 8.71. The maximum atomic E-state index is 12.2. The summed E-state index contributed by atoms with van der Waals surface area (Å²) >= 11 is 0. The van der Waals surface area contributed by atoms with Crippen LogP contribution in [0.2, 0.25) is 0 Å². The number of carbonyl (C=O) groups is 1. The predicted molar refractivity (Wildman–Crippen MR) is 95.7 cm³/mol. The SMILES string of the molecule is CCc1ccc(-c2noc(COC(=O)c3ccc4c(c3)OCCO4)n2)cc1. The molecular weight excluding hydrogens is 348 g/mol. The number of hydrogen-bond donors (Lipinski definition) is 0. The van der Waals surface area contributed by atoms with E-state index in [-0.39, 0.29) is 12.5 Å². The molecule has 0 spiro atoms. The Kier molecular flexibility index (Phi) is 4.74. The Morgan fingerprint density at radius 2 is 1.85 bits per heavy atom. The number of benzene rings is 2. The Balaban J connectivity index is 1.40. The van der Waals surface area contributed by atoms with Gasteiger partial charge in [-0.25, -0.2) is 4.79 Å². The largest absolute Gasteiger partial charge is 0.486 e. The molecule has 0 saturated carbocycles. The molecular formula is C20H18N2O5. The molecule has 0 radical (unpaired) electrons. The van der Waals surface area contributed by atoms with Crippen molar-refractivity contribution in [3.05, 3.63) is 59.5 Å². The molecule has 2 aromatic carbocycles. The van der Waals surface area contributed by atoms with Crippen LogP contribution < -0.4 is 9.47 Å². The van der Waals surface area contributed by atoms with Gasteiger partial charge in [-0.2, -0.15) is 4.98 Å². The van der Waals surface area contributed by atoms with Gasteiger partial charge in [0.2, 0.25) is 5.82 Å². The maximum absolute atomic E-state index is 12.2. The first-order chi connectivity index (χ1) is 13.2. The topological polar surface area (TPSA) is 83.7 Å². The smallest absolute Gasteiger partial charge is 0.338 e. The van der Waals surface area contributed by atoms with Crippen LogP contribution in [0.25, 0.3) is 11.4 Å². The van der Waals surface area contributed by atoms with Gasteiger partial charge in [0, 0.05) is 5.56 Å². The fourth-order valence-corrected chi connectivity index (χ4v) is 2.70. The molecule has 138 valence electrons. The van der Waals surface area contributed by atoms with Crippen molar-refractivity contribution in [2.45, 2.75) is 20.0 Å². The summed E-state index contributed by atoms with van der Waals surface area (Å²) in [5, 5.41) is 3.94. The van der Waals surface area contributed by atoms with Gasteiger partial charge >= 0.3 is 5.97 Å². The van der Waals surface area contributed by atoms with Crippen molar-refractivity contribution in [3.63, 3.8) is 0 Å². The van der Waals surface area contributed by atoms with Gasteiger partial charge in [0.15, 0.2) is 18.1 Å². The summed E-state index contributed by atoms with van der Waals surface area (Å²) in [6.07, 6.45) is 0.966. The number of nitrogens with zero attached hydrogens (tertiary/aromatic N) is 2. The number of ether oxygens (including phenoxy) is 3. The minimum Gasteiger partial charge on any atom is -0.486 e. The Hall–Kier alpha value is -3.35. The molecule has 7 heteroatoms. The number of esters is 1. The van der Waals surface area contributed by atoms with Crippen molar-refractivity contribution in [1.29, 1.82) is 0 Å². The summed E-state index contributed by atoms with van der Waals surface area (Å²) in [7, 11) is 0. The standard InChI is InChI=1S/C20H18N2O5/c1-2-13-3-5-14(6-4-13)19-21-18(27-22-19)12-26-20(23)15-7-8-16-17(11-15)25-10-9-24-16/h3-8,11H,2,9-10,12H2,1H3. The zero-order valence-electron chi connectivity index (χ0n) is 14.8. The second-order valence-corrected chi connectivity index (χ2v) is 6.00. The highest BCUT2D eigenvalue weighted by Crippen LogP contribution is 2.31. The predicted octanol–water partition coefficient (Wildman–Crippen LogP) is 3.43. The van der Waals surface area contributed by atoms with Crippen molar-refractivity contribution in [3.8, 4) is 22.9 Å². The van der Waals surface area contributed by atoms with Crippen LogP contribution in [0.3, 0.4) is 0 Å². The van der Waals surface area contributed by atoms with Gasteiger partial charge in [-0.1, -0.05) is 36.3 Å². The Morgan fingerprint density at radius 1 is 1.07 bits per heavy atom. The summed E-state index contributed by atoms with van der Waals surface area (Å²) in [5.41, 5.74) is 2.45. The van der Waals surface area contributed by atoms with E-state index in [1.165, 1.54) is 5.56 Å². The van der Waals surface area contributed by atoms with Gasteiger partial charge < -0.3 is 18.7 Å². The second-order valence-electron chi connectivity index (χ2n) is 6.00. The summed E-state index contributed by atoms with van der Waals surface area (Å²) in [5.74, 6) is 1.34. The third-order valence-corrected chi connectivity index (χ3v) is 4.19. The zero-order valence-corrected chi connectivity index (χ0v) is 14.8. The first-order valence-electron chi connectivity index (χ1n) is 8.71. The summed E-state index contributed by atoms with van der Waals surface area (Å²) in [6, 6.07) is 12.8. The highest BCUT2D eigenvalue weighted by molar-refractivity contribution is 5.90. The number of hydrogen-bond acceptors (Lipinski definition) is 7. The van der Waals surface area contributed by atoms with Gasteiger partial charge in [-0.05, 0) is 30.2 Å². The molecule has 0 aliphatic carbocycles. The minimum absolute atomic E-state index is 0.104. The van der Waals surface area contributed by atoms with E-state index in [1.807, 2.05) is 24.3 Å². The van der Waals surface area contributed by atoms with E-state index in [4.69, 9.17) is 18.7 Å². The van der Waals surface area contributed by atoms with E-state index in [9.17, 15) is 4.79 Å². The molecule has 27 heavy (non-hydrogen) atoms. The summed E-state index contributed by atoms with van der Waals surface area (Å²) in [6.45, 7) is 2.94. The highest BCUT2D eigenvalue weighted by atomic mass is 16.6. The monoisotopic (exact) mass is 366 g/mol. The Bertz CT molecular complexity index is 949. The molecule has 1 aliphatic heterocycles. The highest BCUT2D eigenvalue weighted by Gasteiger charge is 2.17. The zero-order chi connectivity index (χ0) is 18.6. The van der Waals surface area contributed by atoms with Gasteiger partial charge in [-0.3, -0.25) is 0 Å². The number of aryl methyl sites for hydroxylation is 1. The molecule has 7 nitrogen and oxygen atoms in total. The number of rotatable bonds is 5. The molecule has 0 bridgehead atoms. The number of carbonyl (C=O) groups excluding carboxylic acids is 1. The van der Waals surface area contributed by atoms with E-state index >= 15 is 0 Å². The van der Waals surface area contributed by atoms with E-state index in [1.54, 1.807) is 18.2 Å². The molecule has 0 unspecified atom stereocenters. The quantitative estimate of drug-likeness (QED) is 0.640. The van der Waals surface area contributed by atoms with Crippen LogP contribution in [0.15, 0.2) is 47.0 Å². The third kappa shape index (κ3) is 3.76. The lowest BCUT2D eigenvalue weighted by Crippen LogP contribution is -2.16. The summed E-state index contributed by atoms with van der Waals surface area (Å²) in [4.78, 5) is 16.5. The molecule has 2 heterocycles. The van der Waals surface area contributed by atoms with Crippen molar-refractivity contribution in [1.82, 2.24) is 10.1 Å². The lowest BCUT2D eigenvalue weighted by atomic mass is 10.1. The molecule has 1 aliphatic rings. The lowest BCUT2D eigenvalue weighted by molar-refractivity contribution is 0.0429. The van der Waals surface area contributed by atoms with E-state index in [0.29, 0.717) is 36.1 Å². The van der Waals surface area contributed by atoms with Crippen LogP contribution in [0.1, 0.15) is 28.7 Å². The number of aromatic nitrogens is 2. The fraction of sp³-hybridized carbons (Fsp3) is 0.250. The van der Waals surface area contributed by atoms with Crippen LogP contribution in [0.4, 0.5) is 0 Å². The average molecular weight is 366 g/mol. The van der Waals surface area contributed by atoms with Crippen molar-refractivity contribution in [2.75, 3.05) is 13.2 Å². The molecule has 4 rings (SSSR count). The molecule has 0 N–H and O–H groups in total. The third-order valence-electron chi connectivity index (χ3n) is 4.19. The lowest BCUT2D eigenvalue weighted by Gasteiger charge is -2.18. The van der Waals surface area contributed by atoms with Crippen LogP contribution in [0.5, 0.6) is 11.5 Å². The van der Waals surface area contributed by atoms with Crippen LogP contribution in [0, 0.1) is 0 Å². The van der Waals surface area contributed by atoms with Gasteiger partial charge in [-0.15, -0.1) is 0 Å². The molecule has 0 saturated heterocycles. The second kappa shape index (κ2) is 7.49. The van der Waals surface area contributed by atoms with Crippen molar-refractivity contribution >= 4 is 5.97 Å².